The average molecular weight is 245 g/mol. The number of aromatic nitrogens is 4. The highest BCUT2D eigenvalue weighted by molar-refractivity contribution is 5.52. The van der Waals surface area contributed by atoms with Crippen molar-refractivity contribution in [1.29, 1.82) is 0 Å². The van der Waals surface area contributed by atoms with Crippen LogP contribution in [0.25, 0.3) is 0 Å². The van der Waals surface area contributed by atoms with Crippen molar-refractivity contribution in [2.24, 2.45) is 0 Å². The monoisotopic (exact) mass is 245 g/mol. The molecule has 0 aliphatic rings. The lowest BCUT2D eigenvalue weighted by Gasteiger charge is -2.01. The maximum absolute atomic E-state index is 4.32. The SMILES string of the molecule is CCCCCCn1cc(Nc2ccncn2)cn1. The molecule has 2 aromatic rings. The smallest absolute Gasteiger partial charge is 0.133 e. The number of anilines is 2. The number of unbranched alkanes of at least 4 members (excludes halogenated alkanes) is 3. The fourth-order valence-corrected chi connectivity index (χ4v) is 1.76. The van der Waals surface area contributed by atoms with Gasteiger partial charge in [0.1, 0.15) is 12.1 Å². The lowest BCUT2D eigenvalue weighted by molar-refractivity contribution is 0.541. The van der Waals surface area contributed by atoms with Gasteiger partial charge < -0.3 is 5.32 Å². The Morgan fingerprint density at radius 3 is 3.00 bits per heavy atom. The topological polar surface area (TPSA) is 55.6 Å². The van der Waals surface area contributed by atoms with Crippen molar-refractivity contribution < 1.29 is 0 Å². The molecule has 2 heterocycles. The van der Waals surface area contributed by atoms with Gasteiger partial charge in [0.15, 0.2) is 0 Å². The van der Waals surface area contributed by atoms with E-state index in [1.807, 2.05) is 23.1 Å². The van der Waals surface area contributed by atoms with Crippen LogP contribution < -0.4 is 5.32 Å². The summed E-state index contributed by atoms with van der Waals surface area (Å²) in [5.41, 5.74) is 0.962. The maximum Gasteiger partial charge on any atom is 0.133 e. The highest BCUT2D eigenvalue weighted by atomic mass is 15.3. The first kappa shape index (κ1) is 12.5. The van der Waals surface area contributed by atoms with Crippen molar-refractivity contribution in [1.82, 2.24) is 19.7 Å². The summed E-state index contributed by atoms with van der Waals surface area (Å²) in [6, 6.07) is 1.83. The third kappa shape index (κ3) is 3.84. The van der Waals surface area contributed by atoms with Crippen LogP contribution in [0.15, 0.2) is 31.0 Å². The maximum atomic E-state index is 4.32. The molecule has 0 saturated heterocycles. The van der Waals surface area contributed by atoms with E-state index in [1.54, 1.807) is 6.20 Å². The molecular formula is C13H19N5. The quantitative estimate of drug-likeness (QED) is 0.762. The molecule has 0 fully saturated rings. The molecule has 0 radical (unpaired) electrons. The molecule has 0 spiro atoms. The number of aryl methyl sites for hydroxylation is 1. The first-order valence-corrected chi connectivity index (χ1v) is 6.44. The van der Waals surface area contributed by atoms with E-state index in [0.717, 1.165) is 18.1 Å². The fraction of sp³-hybridized carbons (Fsp3) is 0.462. The molecule has 0 aliphatic carbocycles. The first-order valence-electron chi connectivity index (χ1n) is 6.44. The lowest BCUT2D eigenvalue weighted by atomic mass is 10.2. The van der Waals surface area contributed by atoms with Gasteiger partial charge in [-0.3, -0.25) is 4.68 Å². The van der Waals surface area contributed by atoms with E-state index in [-0.39, 0.29) is 0 Å². The summed E-state index contributed by atoms with van der Waals surface area (Å²) >= 11 is 0. The summed E-state index contributed by atoms with van der Waals surface area (Å²) < 4.78 is 1.97. The number of rotatable bonds is 7. The van der Waals surface area contributed by atoms with Gasteiger partial charge in [-0.1, -0.05) is 26.2 Å². The van der Waals surface area contributed by atoms with Gasteiger partial charge in [0.25, 0.3) is 0 Å². The van der Waals surface area contributed by atoms with Crippen LogP contribution in [0, 0.1) is 0 Å². The van der Waals surface area contributed by atoms with Crippen LogP contribution in [0.1, 0.15) is 32.6 Å². The van der Waals surface area contributed by atoms with E-state index < -0.39 is 0 Å². The van der Waals surface area contributed by atoms with Crippen molar-refractivity contribution in [2.75, 3.05) is 5.32 Å². The average Bonchev–Trinajstić information content (AvgIpc) is 2.84. The van der Waals surface area contributed by atoms with E-state index in [2.05, 4.69) is 27.3 Å². The predicted octanol–water partition coefficient (Wildman–Crippen LogP) is 3.00. The molecule has 0 saturated carbocycles. The molecule has 96 valence electrons. The predicted molar refractivity (Wildman–Crippen MR) is 71.7 cm³/mol. The van der Waals surface area contributed by atoms with Crippen molar-refractivity contribution in [3.63, 3.8) is 0 Å². The zero-order valence-electron chi connectivity index (χ0n) is 10.7. The largest absolute Gasteiger partial charge is 0.338 e. The normalized spacial score (nSPS) is 10.5. The number of nitrogens with zero attached hydrogens (tertiary/aromatic N) is 4. The Kier molecular flexibility index (Phi) is 4.69. The van der Waals surface area contributed by atoms with Gasteiger partial charge >= 0.3 is 0 Å². The van der Waals surface area contributed by atoms with Gasteiger partial charge in [0, 0.05) is 18.9 Å². The van der Waals surface area contributed by atoms with E-state index >= 15 is 0 Å². The van der Waals surface area contributed by atoms with Gasteiger partial charge in [-0.25, -0.2) is 9.97 Å². The molecule has 0 aromatic carbocycles. The Balaban J connectivity index is 1.83. The second kappa shape index (κ2) is 6.74. The minimum Gasteiger partial charge on any atom is -0.338 e. The summed E-state index contributed by atoms with van der Waals surface area (Å²) in [5.74, 6) is 0.788. The first-order chi connectivity index (χ1) is 8.88. The Hall–Kier alpha value is -1.91. The van der Waals surface area contributed by atoms with E-state index in [0.29, 0.717) is 0 Å². The number of nitrogens with one attached hydrogen (secondary N) is 1. The van der Waals surface area contributed by atoms with Gasteiger partial charge in [0.05, 0.1) is 11.9 Å². The van der Waals surface area contributed by atoms with E-state index in [9.17, 15) is 0 Å². The van der Waals surface area contributed by atoms with Crippen LogP contribution in [0.3, 0.4) is 0 Å². The number of hydrogen-bond donors (Lipinski definition) is 1. The van der Waals surface area contributed by atoms with Crippen LogP contribution in [-0.4, -0.2) is 19.7 Å². The van der Waals surface area contributed by atoms with Crippen molar-refractivity contribution in [3.8, 4) is 0 Å². The fourth-order valence-electron chi connectivity index (χ4n) is 1.76. The summed E-state index contributed by atoms with van der Waals surface area (Å²) in [7, 11) is 0. The van der Waals surface area contributed by atoms with Crippen LogP contribution >= 0.6 is 0 Å². The van der Waals surface area contributed by atoms with Gasteiger partial charge in [-0.05, 0) is 12.5 Å². The van der Waals surface area contributed by atoms with E-state index in [4.69, 9.17) is 0 Å². The lowest BCUT2D eigenvalue weighted by Crippen LogP contribution is -1.98. The molecule has 2 aromatic heterocycles. The zero-order valence-corrected chi connectivity index (χ0v) is 10.7. The second-order valence-corrected chi connectivity index (χ2v) is 4.27. The molecule has 0 atom stereocenters. The van der Waals surface area contributed by atoms with Crippen molar-refractivity contribution in [2.45, 2.75) is 39.2 Å². The van der Waals surface area contributed by atoms with Gasteiger partial charge in [-0.2, -0.15) is 5.10 Å². The standard InChI is InChI=1S/C13H19N5/c1-2-3-4-5-8-18-10-12(9-16-18)17-13-6-7-14-11-15-13/h6-7,9-11H,2-5,8H2,1H3,(H,14,15,17). The molecule has 5 nitrogen and oxygen atoms in total. The number of hydrogen-bond acceptors (Lipinski definition) is 4. The Morgan fingerprint density at radius 1 is 1.28 bits per heavy atom. The third-order valence-corrected chi connectivity index (χ3v) is 2.73. The van der Waals surface area contributed by atoms with Crippen LogP contribution in [0.5, 0.6) is 0 Å². The van der Waals surface area contributed by atoms with E-state index in [1.165, 1.54) is 32.0 Å². The van der Waals surface area contributed by atoms with Crippen molar-refractivity contribution in [3.05, 3.63) is 31.0 Å². The highest BCUT2D eigenvalue weighted by Crippen LogP contribution is 2.12. The van der Waals surface area contributed by atoms with Gasteiger partial charge in [-0.15, -0.1) is 0 Å². The molecule has 0 aliphatic heterocycles. The minimum atomic E-state index is 0.788. The molecule has 0 amide bonds. The summed E-state index contributed by atoms with van der Waals surface area (Å²) in [6.07, 6.45) is 12.1. The summed E-state index contributed by atoms with van der Waals surface area (Å²) in [6.45, 7) is 3.20. The summed E-state index contributed by atoms with van der Waals surface area (Å²) in [4.78, 5) is 7.99. The Morgan fingerprint density at radius 2 is 2.22 bits per heavy atom. The molecule has 0 bridgehead atoms. The second-order valence-electron chi connectivity index (χ2n) is 4.27. The molecule has 5 heteroatoms. The Labute approximate surface area is 107 Å². The van der Waals surface area contributed by atoms with Crippen LogP contribution in [0.2, 0.25) is 0 Å². The Bertz CT molecular complexity index is 451. The molecule has 1 N–H and O–H groups in total. The zero-order chi connectivity index (χ0) is 12.6. The van der Waals surface area contributed by atoms with Gasteiger partial charge in [0.2, 0.25) is 0 Å². The molecule has 2 rings (SSSR count). The molecular weight excluding hydrogens is 226 g/mol. The van der Waals surface area contributed by atoms with Crippen molar-refractivity contribution >= 4 is 11.5 Å². The molecule has 18 heavy (non-hydrogen) atoms. The molecule has 0 unspecified atom stereocenters. The third-order valence-electron chi connectivity index (χ3n) is 2.73. The van der Waals surface area contributed by atoms with Crippen LogP contribution in [0.4, 0.5) is 11.5 Å². The van der Waals surface area contributed by atoms with Crippen LogP contribution in [-0.2, 0) is 6.54 Å². The highest BCUT2D eigenvalue weighted by Gasteiger charge is 1.99. The minimum absolute atomic E-state index is 0.788. The summed E-state index contributed by atoms with van der Waals surface area (Å²) in [5, 5.41) is 7.51.